The van der Waals surface area contributed by atoms with Crippen LogP contribution in [0.4, 0.5) is 13.2 Å². The Morgan fingerprint density at radius 1 is 1.11 bits per heavy atom. The van der Waals surface area contributed by atoms with Crippen molar-refractivity contribution in [1.29, 1.82) is 0 Å². The van der Waals surface area contributed by atoms with Gasteiger partial charge in [-0.15, -0.1) is 0 Å². The molecule has 2 aromatic rings. The van der Waals surface area contributed by atoms with E-state index in [1.807, 2.05) is 0 Å². The fourth-order valence-corrected chi connectivity index (χ4v) is 3.19. The Bertz CT molecular complexity index is 836. The van der Waals surface area contributed by atoms with E-state index in [1.165, 1.54) is 6.07 Å². The minimum absolute atomic E-state index is 0.267. The van der Waals surface area contributed by atoms with Crippen molar-refractivity contribution in [3.63, 3.8) is 0 Å². The van der Waals surface area contributed by atoms with Gasteiger partial charge in [0.1, 0.15) is 0 Å². The lowest BCUT2D eigenvalue weighted by molar-refractivity contribution is -0.138. The maximum absolute atomic E-state index is 12.9. The summed E-state index contributed by atoms with van der Waals surface area (Å²) in [7, 11) is 0. The normalized spacial score (nSPS) is 20.0. The molecule has 0 bridgehead atoms. The largest absolute Gasteiger partial charge is 0.481 e. The van der Waals surface area contributed by atoms with Crippen LogP contribution < -0.4 is 5.32 Å². The fourth-order valence-electron chi connectivity index (χ4n) is 3.19. The summed E-state index contributed by atoms with van der Waals surface area (Å²) in [6.45, 7) is 0. The van der Waals surface area contributed by atoms with Crippen molar-refractivity contribution in [2.75, 3.05) is 0 Å². The van der Waals surface area contributed by atoms with Gasteiger partial charge < -0.3 is 10.4 Å². The highest BCUT2D eigenvalue weighted by molar-refractivity contribution is 5.84. The van der Waals surface area contributed by atoms with Gasteiger partial charge in [0.25, 0.3) is 0 Å². The molecular formula is C20H18F3NO3. The van der Waals surface area contributed by atoms with Crippen LogP contribution in [0.1, 0.15) is 41.5 Å². The SMILES string of the molecule is O=C(O)CC(NC(=O)C1CC1c1cccc(C(F)(F)F)c1)c1ccccc1. The number of aliphatic carboxylic acids is 1. The van der Waals surface area contributed by atoms with Crippen LogP contribution >= 0.6 is 0 Å². The average molecular weight is 377 g/mol. The Kier molecular flexibility index (Phi) is 5.21. The number of carboxylic acids is 1. The zero-order chi connectivity index (χ0) is 19.6. The number of rotatable bonds is 6. The molecule has 0 heterocycles. The highest BCUT2D eigenvalue weighted by Crippen LogP contribution is 2.48. The highest BCUT2D eigenvalue weighted by atomic mass is 19.4. The lowest BCUT2D eigenvalue weighted by Gasteiger charge is -2.17. The van der Waals surface area contributed by atoms with Crippen LogP contribution in [0.25, 0.3) is 0 Å². The molecule has 0 spiro atoms. The van der Waals surface area contributed by atoms with Gasteiger partial charge in [0.15, 0.2) is 0 Å². The lowest BCUT2D eigenvalue weighted by atomic mass is 10.0. The van der Waals surface area contributed by atoms with E-state index in [-0.39, 0.29) is 18.2 Å². The third-order valence-corrected chi connectivity index (χ3v) is 4.67. The van der Waals surface area contributed by atoms with Gasteiger partial charge in [-0.1, -0.05) is 48.5 Å². The van der Waals surface area contributed by atoms with E-state index in [0.717, 1.165) is 12.1 Å². The number of hydrogen-bond donors (Lipinski definition) is 2. The van der Waals surface area contributed by atoms with Gasteiger partial charge in [0, 0.05) is 5.92 Å². The van der Waals surface area contributed by atoms with E-state index in [4.69, 9.17) is 5.11 Å². The summed E-state index contributed by atoms with van der Waals surface area (Å²) in [6, 6.07) is 13.0. The van der Waals surface area contributed by atoms with Crippen LogP contribution in [-0.4, -0.2) is 17.0 Å². The predicted octanol–water partition coefficient (Wildman–Crippen LogP) is 4.14. The molecular weight excluding hydrogens is 359 g/mol. The molecule has 2 N–H and O–H groups in total. The number of halogens is 3. The van der Waals surface area contributed by atoms with E-state index < -0.39 is 29.7 Å². The van der Waals surface area contributed by atoms with Gasteiger partial charge >= 0.3 is 12.1 Å². The summed E-state index contributed by atoms with van der Waals surface area (Å²) >= 11 is 0. The van der Waals surface area contributed by atoms with Gasteiger partial charge in [-0.25, -0.2) is 0 Å². The molecule has 1 fully saturated rings. The Balaban J connectivity index is 1.69. The van der Waals surface area contributed by atoms with E-state index in [2.05, 4.69) is 5.32 Å². The average Bonchev–Trinajstić information content (AvgIpc) is 3.42. The standard InChI is InChI=1S/C20H18F3NO3/c21-20(22,23)14-8-4-7-13(9-14)15-10-16(15)19(27)24-17(11-18(25)26)12-5-2-1-3-6-12/h1-9,15-17H,10-11H2,(H,24,27)(H,25,26). The van der Waals surface area contributed by atoms with E-state index in [0.29, 0.717) is 17.5 Å². The van der Waals surface area contributed by atoms with Crippen molar-refractivity contribution in [1.82, 2.24) is 5.32 Å². The number of carbonyl (C=O) groups is 2. The van der Waals surface area contributed by atoms with Crippen molar-refractivity contribution in [2.24, 2.45) is 5.92 Å². The first kappa shape index (κ1) is 18.9. The number of alkyl halides is 3. The minimum atomic E-state index is -4.43. The summed E-state index contributed by atoms with van der Waals surface area (Å²) in [5, 5.41) is 11.8. The number of amides is 1. The van der Waals surface area contributed by atoms with Gasteiger partial charge in [-0.2, -0.15) is 13.2 Å². The lowest BCUT2D eigenvalue weighted by Crippen LogP contribution is -2.31. The number of carbonyl (C=O) groups excluding carboxylic acids is 1. The second-order valence-electron chi connectivity index (χ2n) is 6.64. The summed E-state index contributed by atoms with van der Waals surface area (Å²) in [5.74, 6) is -2.12. The van der Waals surface area contributed by atoms with Crippen molar-refractivity contribution in [3.05, 3.63) is 71.3 Å². The summed E-state index contributed by atoms with van der Waals surface area (Å²) in [5.41, 5.74) is 0.406. The first-order valence-electron chi connectivity index (χ1n) is 8.50. The first-order valence-corrected chi connectivity index (χ1v) is 8.50. The molecule has 3 rings (SSSR count). The second-order valence-corrected chi connectivity index (χ2v) is 6.64. The van der Waals surface area contributed by atoms with Crippen molar-refractivity contribution < 1.29 is 27.9 Å². The Morgan fingerprint density at radius 3 is 2.44 bits per heavy atom. The molecule has 1 saturated carbocycles. The molecule has 0 saturated heterocycles. The molecule has 0 aromatic heterocycles. The van der Waals surface area contributed by atoms with E-state index >= 15 is 0 Å². The van der Waals surface area contributed by atoms with Crippen molar-refractivity contribution in [2.45, 2.75) is 31.0 Å². The van der Waals surface area contributed by atoms with Crippen LogP contribution in [-0.2, 0) is 15.8 Å². The van der Waals surface area contributed by atoms with Crippen LogP contribution in [0.15, 0.2) is 54.6 Å². The molecule has 0 aliphatic heterocycles. The fraction of sp³-hybridized carbons (Fsp3) is 0.300. The monoisotopic (exact) mass is 377 g/mol. The summed E-state index contributed by atoms with van der Waals surface area (Å²) in [6.07, 6.45) is -4.25. The van der Waals surface area contributed by atoms with E-state index in [1.54, 1.807) is 36.4 Å². The third-order valence-electron chi connectivity index (χ3n) is 4.67. The van der Waals surface area contributed by atoms with Gasteiger partial charge in [0.05, 0.1) is 18.0 Å². The minimum Gasteiger partial charge on any atom is -0.481 e. The van der Waals surface area contributed by atoms with E-state index in [9.17, 15) is 22.8 Å². The number of nitrogens with one attached hydrogen (secondary N) is 1. The molecule has 3 unspecified atom stereocenters. The molecule has 27 heavy (non-hydrogen) atoms. The third kappa shape index (κ3) is 4.67. The number of carboxylic acid groups (broad SMARTS) is 1. The van der Waals surface area contributed by atoms with Crippen LogP contribution in [0.3, 0.4) is 0 Å². The van der Waals surface area contributed by atoms with Crippen LogP contribution in [0.2, 0.25) is 0 Å². The van der Waals surface area contributed by atoms with Gasteiger partial charge in [0.2, 0.25) is 5.91 Å². The molecule has 7 heteroatoms. The molecule has 1 amide bonds. The molecule has 142 valence electrons. The Hall–Kier alpha value is -2.83. The Labute approximate surface area is 154 Å². The molecule has 3 atom stereocenters. The zero-order valence-electron chi connectivity index (χ0n) is 14.2. The summed E-state index contributed by atoms with van der Waals surface area (Å²) in [4.78, 5) is 23.6. The van der Waals surface area contributed by atoms with Gasteiger partial charge in [-0.3, -0.25) is 9.59 Å². The van der Waals surface area contributed by atoms with Crippen LogP contribution in [0, 0.1) is 5.92 Å². The topological polar surface area (TPSA) is 66.4 Å². The quantitative estimate of drug-likeness (QED) is 0.795. The summed E-state index contributed by atoms with van der Waals surface area (Å²) < 4.78 is 38.6. The molecule has 0 radical (unpaired) electrons. The maximum Gasteiger partial charge on any atom is 0.416 e. The predicted molar refractivity (Wildman–Crippen MR) is 91.9 cm³/mol. The Morgan fingerprint density at radius 2 is 1.81 bits per heavy atom. The first-order chi connectivity index (χ1) is 12.8. The highest BCUT2D eigenvalue weighted by Gasteiger charge is 2.45. The number of benzene rings is 2. The molecule has 4 nitrogen and oxygen atoms in total. The van der Waals surface area contributed by atoms with Crippen molar-refractivity contribution in [3.8, 4) is 0 Å². The number of hydrogen-bond acceptors (Lipinski definition) is 2. The molecule has 1 aliphatic rings. The smallest absolute Gasteiger partial charge is 0.416 e. The molecule has 2 aromatic carbocycles. The zero-order valence-corrected chi connectivity index (χ0v) is 14.2. The van der Waals surface area contributed by atoms with Crippen molar-refractivity contribution >= 4 is 11.9 Å². The maximum atomic E-state index is 12.9. The van der Waals surface area contributed by atoms with Crippen LogP contribution in [0.5, 0.6) is 0 Å². The molecule has 1 aliphatic carbocycles. The second kappa shape index (κ2) is 7.42. The van der Waals surface area contributed by atoms with Gasteiger partial charge in [-0.05, 0) is 29.5 Å².